The first-order valence-electron chi connectivity index (χ1n) is 19.5. The topological polar surface area (TPSA) is 256 Å². The van der Waals surface area contributed by atoms with E-state index in [0.29, 0.717) is 19.5 Å². The largest absolute Gasteiger partial charge is 0.507 e. The molecule has 9 atom stereocenters. The number of fused-ring (bicyclic) bond motifs is 14. The SMILES string of the molecule is CNCCCN=C(N)N=Nc1cc2c(O)c3c(O)c(C)c4c(c13)C(=O)C(C)(OC=CC(OC)C(C)C(OC(C)=O)C(C)C(O)C(C)C(O)C(C)C=CC=C(C)C(=O)N2)O4. The maximum absolute atomic E-state index is 14.5. The molecule has 17 nitrogen and oxygen atoms in total. The first kappa shape index (κ1) is 46.3. The molecule has 1 amide bonds. The van der Waals surface area contributed by atoms with Crippen molar-refractivity contribution in [3.63, 3.8) is 0 Å². The van der Waals surface area contributed by atoms with Crippen LogP contribution in [0, 0.1) is 30.6 Å². The van der Waals surface area contributed by atoms with Gasteiger partial charge in [0.15, 0.2) is 5.75 Å². The third-order valence-electron chi connectivity index (χ3n) is 11.0. The van der Waals surface area contributed by atoms with Crippen molar-refractivity contribution in [3.05, 3.63) is 53.3 Å². The first-order valence-corrected chi connectivity index (χ1v) is 19.5. The van der Waals surface area contributed by atoms with Gasteiger partial charge in [0.05, 0.1) is 46.9 Å². The maximum Gasteiger partial charge on any atom is 0.312 e. The number of methoxy groups -OCH3 is 1. The van der Waals surface area contributed by atoms with Gasteiger partial charge in [-0.05, 0) is 46.0 Å². The molecule has 2 aromatic carbocycles. The number of amides is 1. The molecule has 17 heteroatoms. The maximum atomic E-state index is 14.5. The van der Waals surface area contributed by atoms with Gasteiger partial charge in [-0.1, -0.05) is 45.9 Å². The summed E-state index contributed by atoms with van der Waals surface area (Å²) in [6, 6.07) is 1.28. The fourth-order valence-corrected chi connectivity index (χ4v) is 7.32. The Kier molecular flexibility index (Phi) is 15.4. The average molecular weight is 823 g/mol. The zero-order chi connectivity index (χ0) is 43.9. The van der Waals surface area contributed by atoms with Crippen LogP contribution < -0.4 is 21.1 Å². The average Bonchev–Trinajstić information content (AvgIpc) is 3.46. The highest BCUT2D eigenvalue weighted by Gasteiger charge is 2.49. The highest BCUT2D eigenvalue weighted by atomic mass is 16.7. The van der Waals surface area contributed by atoms with Crippen molar-refractivity contribution >= 4 is 45.8 Å². The number of azo groups is 1. The number of ether oxygens (including phenoxy) is 4. The summed E-state index contributed by atoms with van der Waals surface area (Å²) in [6.45, 7) is 13.6. The summed E-state index contributed by atoms with van der Waals surface area (Å²) in [5, 5.41) is 59.8. The number of aliphatic imine (C=N–C) groups is 1. The third-order valence-corrected chi connectivity index (χ3v) is 11.0. The minimum absolute atomic E-state index is 0.0479. The summed E-state index contributed by atoms with van der Waals surface area (Å²) in [5.74, 6) is -7.65. The number of allylic oxidation sites excluding steroid dienone is 2. The molecule has 3 heterocycles. The quantitative estimate of drug-likeness (QED) is 0.0482. The monoisotopic (exact) mass is 822 g/mol. The summed E-state index contributed by atoms with van der Waals surface area (Å²) in [5.41, 5.74) is 6.01. The number of rotatable bonds is 7. The lowest BCUT2D eigenvalue weighted by molar-refractivity contribution is -0.160. The van der Waals surface area contributed by atoms with Crippen LogP contribution >= 0.6 is 0 Å². The number of nitrogens with one attached hydrogen (secondary N) is 2. The van der Waals surface area contributed by atoms with Crippen LogP contribution in [0.5, 0.6) is 17.2 Å². The van der Waals surface area contributed by atoms with Crippen molar-refractivity contribution < 1.29 is 53.8 Å². The molecule has 2 aromatic rings. The van der Waals surface area contributed by atoms with Gasteiger partial charge in [-0.2, -0.15) is 0 Å². The van der Waals surface area contributed by atoms with E-state index in [1.165, 1.54) is 59.3 Å². The van der Waals surface area contributed by atoms with E-state index >= 15 is 0 Å². The number of aromatic hydroxyl groups is 2. The second kappa shape index (κ2) is 19.6. The summed E-state index contributed by atoms with van der Waals surface area (Å²) in [7, 11) is 3.25. The highest BCUT2D eigenvalue weighted by molar-refractivity contribution is 6.22. The predicted octanol–water partition coefficient (Wildman–Crippen LogP) is 5.06. The van der Waals surface area contributed by atoms with Gasteiger partial charge in [-0.15, -0.1) is 10.2 Å². The molecule has 0 saturated heterocycles. The molecule has 0 aliphatic carbocycles. The van der Waals surface area contributed by atoms with Crippen LogP contribution in [0.3, 0.4) is 0 Å². The molecule has 9 unspecified atom stereocenters. The van der Waals surface area contributed by atoms with Gasteiger partial charge in [-0.25, -0.2) is 0 Å². The fraction of sp³-hybridized carbons (Fsp3) is 0.524. The molecule has 3 aliphatic rings. The molecule has 0 aromatic heterocycles. The smallest absolute Gasteiger partial charge is 0.312 e. The lowest BCUT2D eigenvalue weighted by atomic mass is 9.78. The number of anilines is 1. The van der Waals surface area contributed by atoms with Crippen molar-refractivity contribution in [3.8, 4) is 17.2 Å². The Bertz CT molecular complexity index is 2060. The van der Waals surface area contributed by atoms with Crippen LogP contribution in [0.4, 0.5) is 11.4 Å². The lowest BCUT2D eigenvalue weighted by Crippen LogP contribution is -2.46. The van der Waals surface area contributed by atoms with Gasteiger partial charge >= 0.3 is 11.8 Å². The van der Waals surface area contributed by atoms with E-state index in [4.69, 9.17) is 24.7 Å². The number of guanidine groups is 1. The Hall–Kier alpha value is -5.36. The van der Waals surface area contributed by atoms with E-state index in [1.807, 2.05) is 0 Å². The van der Waals surface area contributed by atoms with Crippen molar-refractivity contribution in [1.82, 2.24) is 5.32 Å². The lowest BCUT2D eigenvalue weighted by Gasteiger charge is -2.38. The molecule has 0 fully saturated rings. The van der Waals surface area contributed by atoms with Crippen molar-refractivity contribution in [2.24, 2.45) is 44.6 Å². The number of benzene rings is 2. The fourth-order valence-electron chi connectivity index (χ4n) is 7.32. The minimum Gasteiger partial charge on any atom is -0.507 e. The Labute approximate surface area is 344 Å². The number of aliphatic hydroxyl groups excluding tert-OH is 2. The predicted molar refractivity (Wildman–Crippen MR) is 222 cm³/mol. The van der Waals surface area contributed by atoms with Crippen LogP contribution in [-0.4, -0.2) is 101 Å². The molecule has 0 saturated carbocycles. The van der Waals surface area contributed by atoms with E-state index in [0.717, 1.165) is 0 Å². The zero-order valence-corrected chi connectivity index (χ0v) is 35.3. The Morgan fingerprint density at radius 2 is 1.73 bits per heavy atom. The zero-order valence-electron chi connectivity index (χ0n) is 35.3. The van der Waals surface area contributed by atoms with Crippen LogP contribution in [0.15, 0.2) is 57.4 Å². The molecule has 5 rings (SSSR count). The van der Waals surface area contributed by atoms with Gasteiger partial charge in [0.1, 0.15) is 17.6 Å². The van der Waals surface area contributed by atoms with Crippen LogP contribution in [0.25, 0.3) is 10.8 Å². The summed E-state index contributed by atoms with van der Waals surface area (Å²) in [4.78, 5) is 44.5. The highest BCUT2D eigenvalue weighted by Crippen LogP contribution is 2.54. The Morgan fingerprint density at radius 3 is 2.37 bits per heavy atom. The number of phenols is 2. The van der Waals surface area contributed by atoms with E-state index in [-0.39, 0.29) is 50.6 Å². The normalized spacial score (nSPS) is 28.5. The van der Waals surface area contributed by atoms with E-state index < -0.39 is 83.0 Å². The van der Waals surface area contributed by atoms with Crippen molar-refractivity contribution in [1.29, 1.82) is 0 Å². The first-order chi connectivity index (χ1) is 27.8. The van der Waals surface area contributed by atoms with Gasteiger partial charge in [0.2, 0.25) is 5.96 Å². The van der Waals surface area contributed by atoms with Crippen molar-refractivity contribution in [2.45, 2.75) is 92.0 Å². The van der Waals surface area contributed by atoms with Gasteiger partial charge in [-0.3, -0.25) is 19.4 Å². The Balaban J connectivity index is 1.95. The van der Waals surface area contributed by atoms with E-state index in [2.05, 4.69) is 25.9 Å². The molecule has 8 N–H and O–H groups in total. The number of aliphatic hydroxyl groups is 2. The van der Waals surface area contributed by atoms with Gasteiger partial charge in [0, 0.05) is 67.7 Å². The number of ketones is 1. The minimum atomic E-state index is -2.01. The van der Waals surface area contributed by atoms with E-state index in [9.17, 15) is 34.8 Å². The van der Waals surface area contributed by atoms with Crippen LogP contribution in [-0.2, 0) is 23.8 Å². The second-order valence-corrected chi connectivity index (χ2v) is 15.3. The number of hydrogen-bond acceptors (Lipinski definition) is 14. The molecule has 0 spiro atoms. The van der Waals surface area contributed by atoms with E-state index in [1.54, 1.807) is 46.9 Å². The third kappa shape index (κ3) is 10.1. The molecular formula is C42H58N6O11. The summed E-state index contributed by atoms with van der Waals surface area (Å²) < 4.78 is 23.6. The Morgan fingerprint density at radius 1 is 1.03 bits per heavy atom. The van der Waals surface area contributed by atoms with Crippen LogP contribution in [0.1, 0.15) is 70.8 Å². The molecular weight excluding hydrogens is 764 g/mol. The second-order valence-electron chi connectivity index (χ2n) is 15.3. The number of Topliss-reactive ketones (excluding diaryl/α,β-unsaturated/α-hetero) is 1. The molecule has 322 valence electrons. The number of phenolic OH excluding ortho intramolecular Hbond substituents is 2. The standard InChI is InChI=1S/C42H58N6O11/c1-20-13-11-14-21(2)40(55)46-28-19-27(47-48-41(43)45-17-12-16-44-9)30-31(36(28)53)35(52)25(6)38-32(30)39(54)42(8,59-38)57-18-15-29(56-10)22(3)37(58-26(7)49)24(5)34(51)23(4)33(20)50/h11,13-15,18-20,22-24,29,33-34,37,44,50-53H,12,16-17H2,1-10H3,(H2,43,45)(H,46,55). The number of carbonyl (C=O) groups excluding carboxylic acids is 3. The molecule has 3 aliphatic heterocycles. The van der Waals surface area contributed by atoms with Gasteiger partial charge in [0.25, 0.3) is 11.7 Å². The number of hydrogen-bond donors (Lipinski definition) is 7. The summed E-state index contributed by atoms with van der Waals surface area (Å²) >= 11 is 0. The number of nitrogens with zero attached hydrogens (tertiary/aromatic N) is 3. The molecule has 0 radical (unpaired) electrons. The summed E-state index contributed by atoms with van der Waals surface area (Å²) in [6.07, 6.45) is 4.30. The number of carbonyl (C=O) groups is 3. The molecule has 59 heavy (non-hydrogen) atoms. The number of esters is 1. The molecule has 5 bridgehead atoms. The van der Waals surface area contributed by atoms with Crippen molar-refractivity contribution in [2.75, 3.05) is 32.6 Å². The number of nitrogens with two attached hydrogens (primary N) is 1. The van der Waals surface area contributed by atoms with Crippen LogP contribution in [0.2, 0.25) is 0 Å². The van der Waals surface area contributed by atoms with Gasteiger partial charge < -0.3 is 55.7 Å².